The molecule has 0 fully saturated rings. The summed E-state index contributed by atoms with van der Waals surface area (Å²) < 4.78 is 0. The summed E-state index contributed by atoms with van der Waals surface area (Å²) in [5.74, 6) is -0.111. The Bertz CT molecular complexity index is 430. The van der Waals surface area contributed by atoms with Gasteiger partial charge in [-0.1, -0.05) is 19.1 Å². The summed E-state index contributed by atoms with van der Waals surface area (Å²) in [5.41, 5.74) is 1.61. The fourth-order valence-corrected chi connectivity index (χ4v) is 1.58. The highest BCUT2D eigenvalue weighted by Crippen LogP contribution is 2.11. The zero-order valence-electron chi connectivity index (χ0n) is 11.1. The van der Waals surface area contributed by atoms with Crippen LogP contribution in [0.5, 0.6) is 0 Å². The summed E-state index contributed by atoms with van der Waals surface area (Å²) in [5, 5.41) is 5.61. The molecule has 2 amide bonds. The zero-order chi connectivity index (χ0) is 13.5. The number of benzene rings is 1. The molecule has 98 valence electrons. The first kappa shape index (κ1) is 14.2. The Labute approximate surface area is 108 Å². The van der Waals surface area contributed by atoms with Crippen LogP contribution in [0.3, 0.4) is 0 Å². The van der Waals surface area contributed by atoms with E-state index in [-0.39, 0.29) is 17.9 Å². The maximum Gasteiger partial charge on any atom is 0.224 e. The molecule has 0 bridgehead atoms. The second-order valence-corrected chi connectivity index (χ2v) is 4.44. The topological polar surface area (TPSA) is 58.2 Å². The van der Waals surface area contributed by atoms with Crippen molar-refractivity contribution < 1.29 is 9.59 Å². The average Bonchev–Trinajstić information content (AvgIpc) is 2.28. The highest BCUT2D eigenvalue weighted by atomic mass is 16.2. The molecule has 4 heteroatoms. The number of anilines is 1. The molecule has 0 aliphatic carbocycles. The highest BCUT2D eigenvalue weighted by molar-refractivity contribution is 5.89. The molecular formula is C14H20N2O2. The van der Waals surface area contributed by atoms with Gasteiger partial charge in [-0.2, -0.15) is 0 Å². The molecule has 1 aromatic carbocycles. The van der Waals surface area contributed by atoms with E-state index in [9.17, 15) is 9.59 Å². The summed E-state index contributed by atoms with van der Waals surface area (Å²) in [6.07, 6.45) is 1.25. The molecule has 1 aromatic rings. The lowest BCUT2D eigenvalue weighted by Gasteiger charge is -2.11. The van der Waals surface area contributed by atoms with Gasteiger partial charge in [0, 0.05) is 18.7 Å². The van der Waals surface area contributed by atoms with Gasteiger partial charge in [-0.15, -0.1) is 0 Å². The smallest absolute Gasteiger partial charge is 0.224 e. The lowest BCUT2D eigenvalue weighted by atomic mass is 10.1. The molecule has 1 rings (SSSR count). The molecule has 4 nitrogen and oxygen atoms in total. The minimum atomic E-state index is -0.115. The first-order valence-corrected chi connectivity index (χ1v) is 6.17. The fraction of sp³-hybridized carbons (Fsp3) is 0.429. The summed E-state index contributed by atoms with van der Waals surface area (Å²) in [7, 11) is 0. The molecule has 0 aliphatic rings. The van der Waals surface area contributed by atoms with Crippen molar-refractivity contribution in [3.05, 3.63) is 29.8 Å². The zero-order valence-corrected chi connectivity index (χ0v) is 11.1. The van der Waals surface area contributed by atoms with Crippen LogP contribution in [0.4, 0.5) is 5.69 Å². The van der Waals surface area contributed by atoms with Crippen molar-refractivity contribution in [2.45, 2.75) is 39.7 Å². The molecular weight excluding hydrogens is 228 g/mol. The van der Waals surface area contributed by atoms with Crippen LogP contribution in [0, 0.1) is 0 Å². The minimum Gasteiger partial charge on any atom is -0.353 e. The molecule has 0 saturated carbocycles. The first-order chi connectivity index (χ1) is 8.51. The predicted molar refractivity (Wildman–Crippen MR) is 72.3 cm³/mol. The van der Waals surface area contributed by atoms with Crippen molar-refractivity contribution in [3.8, 4) is 0 Å². The molecule has 0 saturated heterocycles. The van der Waals surface area contributed by atoms with Crippen molar-refractivity contribution >= 4 is 17.5 Å². The number of nitrogens with one attached hydrogen (secondary N) is 2. The maximum atomic E-state index is 11.7. The number of hydrogen-bond acceptors (Lipinski definition) is 2. The molecule has 0 spiro atoms. The Hall–Kier alpha value is -1.84. The van der Waals surface area contributed by atoms with Crippen LogP contribution in [-0.4, -0.2) is 17.9 Å². The van der Waals surface area contributed by atoms with Crippen molar-refractivity contribution in [1.82, 2.24) is 5.32 Å². The number of carbonyl (C=O) groups is 2. The van der Waals surface area contributed by atoms with Crippen LogP contribution in [0.25, 0.3) is 0 Å². The van der Waals surface area contributed by atoms with E-state index in [1.54, 1.807) is 6.07 Å². The molecule has 18 heavy (non-hydrogen) atoms. The normalized spacial score (nSPS) is 11.7. The van der Waals surface area contributed by atoms with Crippen molar-refractivity contribution in [1.29, 1.82) is 0 Å². The van der Waals surface area contributed by atoms with Gasteiger partial charge in [0.25, 0.3) is 0 Å². The Morgan fingerprint density at radius 3 is 2.67 bits per heavy atom. The van der Waals surface area contributed by atoms with E-state index in [0.717, 1.165) is 17.7 Å². The standard InChI is InChI=1S/C14H20N2O2/c1-4-10(2)15-14(18)9-12-6-5-7-13(8-12)16-11(3)17/h5-8,10H,4,9H2,1-3H3,(H,15,18)(H,16,17). The van der Waals surface area contributed by atoms with Crippen LogP contribution in [0.1, 0.15) is 32.8 Å². The van der Waals surface area contributed by atoms with Gasteiger partial charge in [0.2, 0.25) is 11.8 Å². The van der Waals surface area contributed by atoms with Crippen LogP contribution >= 0.6 is 0 Å². The Kier molecular flexibility index (Phi) is 5.36. The number of amides is 2. The van der Waals surface area contributed by atoms with Crippen molar-refractivity contribution in [3.63, 3.8) is 0 Å². The number of hydrogen-bond donors (Lipinski definition) is 2. The summed E-state index contributed by atoms with van der Waals surface area (Å²) >= 11 is 0. The van der Waals surface area contributed by atoms with E-state index in [4.69, 9.17) is 0 Å². The molecule has 1 atom stereocenters. The third kappa shape index (κ3) is 4.99. The lowest BCUT2D eigenvalue weighted by molar-refractivity contribution is -0.121. The lowest BCUT2D eigenvalue weighted by Crippen LogP contribution is -2.33. The summed E-state index contributed by atoms with van der Waals surface area (Å²) in [6.45, 7) is 5.47. The van der Waals surface area contributed by atoms with E-state index < -0.39 is 0 Å². The van der Waals surface area contributed by atoms with E-state index in [2.05, 4.69) is 10.6 Å². The highest BCUT2D eigenvalue weighted by Gasteiger charge is 2.07. The number of rotatable bonds is 5. The van der Waals surface area contributed by atoms with E-state index in [1.165, 1.54) is 6.92 Å². The molecule has 0 aromatic heterocycles. The largest absolute Gasteiger partial charge is 0.353 e. The van der Waals surface area contributed by atoms with Crippen LogP contribution < -0.4 is 10.6 Å². The molecule has 0 heterocycles. The Morgan fingerprint density at radius 1 is 1.33 bits per heavy atom. The summed E-state index contributed by atoms with van der Waals surface area (Å²) in [4.78, 5) is 22.7. The monoisotopic (exact) mass is 248 g/mol. The van der Waals surface area contributed by atoms with Gasteiger partial charge < -0.3 is 10.6 Å². The minimum absolute atomic E-state index is 0.00400. The summed E-state index contributed by atoms with van der Waals surface area (Å²) in [6, 6.07) is 7.52. The van der Waals surface area contributed by atoms with Crippen molar-refractivity contribution in [2.24, 2.45) is 0 Å². The van der Waals surface area contributed by atoms with Crippen LogP contribution in [-0.2, 0) is 16.0 Å². The van der Waals surface area contributed by atoms with Gasteiger partial charge in [0.15, 0.2) is 0 Å². The Morgan fingerprint density at radius 2 is 2.06 bits per heavy atom. The third-order valence-corrected chi connectivity index (χ3v) is 2.63. The molecule has 1 unspecified atom stereocenters. The molecule has 2 N–H and O–H groups in total. The van der Waals surface area contributed by atoms with Gasteiger partial charge in [0.05, 0.1) is 6.42 Å². The van der Waals surface area contributed by atoms with Crippen molar-refractivity contribution in [2.75, 3.05) is 5.32 Å². The molecule has 0 radical (unpaired) electrons. The number of carbonyl (C=O) groups excluding carboxylic acids is 2. The Balaban J connectivity index is 2.61. The maximum absolute atomic E-state index is 11.7. The fourth-order valence-electron chi connectivity index (χ4n) is 1.58. The SMILES string of the molecule is CCC(C)NC(=O)Cc1cccc(NC(C)=O)c1. The van der Waals surface area contributed by atoms with E-state index in [1.807, 2.05) is 32.0 Å². The van der Waals surface area contributed by atoms with Gasteiger partial charge in [-0.25, -0.2) is 0 Å². The van der Waals surface area contributed by atoms with Gasteiger partial charge in [-0.05, 0) is 31.0 Å². The van der Waals surface area contributed by atoms with Gasteiger partial charge in [-0.3, -0.25) is 9.59 Å². The predicted octanol–water partition coefficient (Wildman–Crippen LogP) is 2.10. The van der Waals surface area contributed by atoms with E-state index in [0.29, 0.717) is 6.42 Å². The second kappa shape index (κ2) is 6.79. The van der Waals surface area contributed by atoms with Gasteiger partial charge in [0.1, 0.15) is 0 Å². The van der Waals surface area contributed by atoms with Crippen LogP contribution in [0.15, 0.2) is 24.3 Å². The van der Waals surface area contributed by atoms with E-state index >= 15 is 0 Å². The first-order valence-electron chi connectivity index (χ1n) is 6.17. The molecule has 0 aliphatic heterocycles. The van der Waals surface area contributed by atoms with Gasteiger partial charge >= 0.3 is 0 Å². The average molecular weight is 248 g/mol. The quantitative estimate of drug-likeness (QED) is 0.838. The third-order valence-electron chi connectivity index (χ3n) is 2.63. The van der Waals surface area contributed by atoms with Crippen LogP contribution in [0.2, 0.25) is 0 Å². The second-order valence-electron chi connectivity index (χ2n) is 4.44.